The third-order valence-electron chi connectivity index (χ3n) is 7.42. The second-order valence-corrected chi connectivity index (χ2v) is 10.2. The summed E-state index contributed by atoms with van der Waals surface area (Å²) in [5.41, 5.74) is 1.33. The molecule has 2 unspecified atom stereocenters. The molecule has 0 aromatic heterocycles. The summed E-state index contributed by atoms with van der Waals surface area (Å²) in [5, 5.41) is 3.16. The predicted molar refractivity (Wildman–Crippen MR) is 135 cm³/mol. The van der Waals surface area contributed by atoms with E-state index in [1.165, 1.54) is 0 Å². The van der Waals surface area contributed by atoms with Crippen molar-refractivity contribution in [3.63, 3.8) is 0 Å². The molecule has 0 radical (unpaired) electrons. The van der Waals surface area contributed by atoms with Gasteiger partial charge in [0, 0.05) is 25.8 Å². The lowest BCUT2D eigenvalue weighted by molar-refractivity contribution is -0.122. The maximum Gasteiger partial charge on any atom is 0.257 e. The second-order valence-electron chi connectivity index (χ2n) is 10.2. The van der Waals surface area contributed by atoms with E-state index < -0.39 is 5.66 Å². The summed E-state index contributed by atoms with van der Waals surface area (Å²) in [7, 11) is 0. The normalized spacial score (nSPS) is 21.7. The van der Waals surface area contributed by atoms with Gasteiger partial charge in [-0.15, -0.1) is 0 Å². The average molecular weight is 492 g/mol. The first-order valence-electron chi connectivity index (χ1n) is 12.7. The highest BCUT2D eigenvalue weighted by molar-refractivity contribution is 6.10. The zero-order valence-corrected chi connectivity index (χ0v) is 21.1. The van der Waals surface area contributed by atoms with E-state index in [1.807, 2.05) is 37.3 Å². The van der Waals surface area contributed by atoms with Crippen molar-refractivity contribution in [2.24, 2.45) is 5.92 Å². The molecule has 36 heavy (non-hydrogen) atoms. The fraction of sp³-hybridized carbons (Fsp3) is 0.464. The summed E-state index contributed by atoms with van der Waals surface area (Å²) in [6.07, 6.45) is 1.88. The van der Waals surface area contributed by atoms with Crippen LogP contribution in [-0.2, 0) is 9.59 Å². The Balaban J connectivity index is 1.32. The zero-order valence-electron chi connectivity index (χ0n) is 21.1. The van der Waals surface area contributed by atoms with E-state index in [9.17, 15) is 14.4 Å². The van der Waals surface area contributed by atoms with Crippen LogP contribution in [0, 0.1) is 5.92 Å². The number of nitrogens with one attached hydrogen (secondary N) is 1. The van der Waals surface area contributed by atoms with Gasteiger partial charge >= 0.3 is 0 Å². The molecule has 3 aliphatic heterocycles. The molecule has 2 atom stereocenters. The van der Waals surface area contributed by atoms with Gasteiger partial charge in [-0.25, -0.2) is 0 Å². The number of rotatable bonds is 6. The van der Waals surface area contributed by atoms with Gasteiger partial charge in [0.15, 0.2) is 11.5 Å². The Morgan fingerprint density at radius 2 is 1.83 bits per heavy atom. The number of fused-ring (bicyclic) bond motifs is 4. The monoisotopic (exact) mass is 491 g/mol. The quantitative estimate of drug-likeness (QED) is 0.659. The number of carbonyl (C=O) groups is 3. The first-order valence-corrected chi connectivity index (χ1v) is 12.7. The molecule has 8 nitrogen and oxygen atoms in total. The second kappa shape index (κ2) is 9.48. The van der Waals surface area contributed by atoms with Crippen molar-refractivity contribution in [3.05, 3.63) is 53.6 Å². The van der Waals surface area contributed by atoms with Crippen molar-refractivity contribution in [2.45, 2.75) is 58.2 Å². The minimum Gasteiger partial charge on any atom is -0.490 e. The molecule has 190 valence electrons. The van der Waals surface area contributed by atoms with Crippen molar-refractivity contribution >= 4 is 23.4 Å². The maximum absolute atomic E-state index is 13.4. The van der Waals surface area contributed by atoms with E-state index in [0.717, 1.165) is 17.7 Å². The zero-order chi connectivity index (χ0) is 25.4. The molecular weight excluding hydrogens is 458 g/mol. The van der Waals surface area contributed by atoms with Crippen LogP contribution in [0.3, 0.4) is 0 Å². The van der Waals surface area contributed by atoms with Crippen LogP contribution in [0.2, 0.25) is 0 Å². The summed E-state index contributed by atoms with van der Waals surface area (Å²) in [5.74, 6) is 1.27. The van der Waals surface area contributed by atoms with Crippen LogP contribution in [0.5, 0.6) is 11.5 Å². The lowest BCUT2D eigenvalue weighted by atomic mass is 9.95. The standard InChI is InChI=1S/C28H33N3O5/c1-18(2)26(19-9-10-22-23(17-19)36-16-6-15-35-22)29-24(32)12-14-30-27(34)20-7-4-5-8-21(20)31-25(33)11-13-28(30,31)3/h4-5,7-10,17-18,26H,6,11-16H2,1-3H3,(H,29,32). The fourth-order valence-electron chi connectivity index (χ4n) is 5.51. The topological polar surface area (TPSA) is 88.2 Å². The maximum atomic E-state index is 13.4. The Labute approximate surface area is 211 Å². The van der Waals surface area contributed by atoms with Crippen molar-refractivity contribution in [2.75, 3.05) is 24.7 Å². The molecular formula is C28H33N3O5. The van der Waals surface area contributed by atoms with Crippen molar-refractivity contribution in [1.29, 1.82) is 0 Å². The first-order chi connectivity index (χ1) is 17.3. The third kappa shape index (κ3) is 4.18. The molecule has 8 heteroatoms. The molecule has 0 saturated carbocycles. The summed E-state index contributed by atoms with van der Waals surface area (Å²) >= 11 is 0. The number of benzene rings is 2. The van der Waals surface area contributed by atoms with Crippen LogP contribution in [0.4, 0.5) is 5.69 Å². The number of carbonyl (C=O) groups excluding carboxylic acids is 3. The largest absolute Gasteiger partial charge is 0.490 e. The van der Waals surface area contributed by atoms with Gasteiger partial charge in [0.05, 0.1) is 30.5 Å². The SMILES string of the molecule is CC(C)C(NC(=O)CCN1C(=O)c2ccccc2N2C(=O)CCC12C)c1ccc2c(c1)OCCCO2. The molecule has 2 aromatic carbocycles. The number of anilines is 1. The van der Waals surface area contributed by atoms with Gasteiger partial charge in [-0.05, 0) is 49.1 Å². The van der Waals surface area contributed by atoms with E-state index >= 15 is 0 Å². The van der Waals surface area contributed by atoms with Gasteiger partial charge in [0.1, 0.15) is 5.66 Å². The Kier molecular flexibility index (Phi) is 6.36. The van der Waals surface area contributed by atoms with E-state index in [0.29, 0.717) is 43.1 Å². The molecule has 3 heterocycles. The molecule has 1 saturated heterocycles. The smallest absolute Gasteiger partial charge is 0.257 e. The Hall–Kier alpha value is -3.55. The molecule has 0 bridgehead atoms. The van der Waals surface area contributed by atoms with Gasteiger partial charge < -0.3 is 19.7 Å². The van der Waals surface area contributed by atoms with Crippen LogP contribution in [0.25, 0.3) is 0 Å². The minimum absolute atomic E-state index is 0.00109. The van der Waals surface area contributed by atoms with Gasteiger partial charge in [-0.2, -0.15) is 0 Å². The van der Waals surface area contributed by atoms with Crippen LogP contribution in [-0.4, -0.2) is 48.0 Å². The van der Waals surface area contributed by atoms with Gasteiger partial charge in [-0.1, -0.05) is 32.0 Å². The summed E-state index contributed by atoms with van der Waals surface area (Å²) in [4.78, 5) is 42.8. The van der Waals surface area contributed by atoms with Gasteiger partial charge in [-0.3, -0.25) is 19.3 Å². The highest BCUT2D eigenvalue weighted by Gasteiger charge is 2.52. The lowest BCUT2D eigenvalue weighted by Crippen LogP contribution is -2.62. The average Bonchev–Trinajstić information content (AvgIpc) is 3.02. The van der Waals surface area contributed by atoms with E-state index in [-0.39, 0.29) is 42.6 Å². The number of hydrogen-bond acceptors (Lipinski definition) is 5. The van der Waals surface area contributed by atoms with Crippen LogP contribution in [0.1, 0.15) is 68.4 Å². The van der Waals surface area contributed by atoms with Crippen molar-refractivity contribution in [3.8, 4) is 11.5 Å². The molecule has 5 rings (SSSR count). The summed E-state index contributed by atoms with van der Waals surface area (Å²) in [6.45, 7) is 7.48. The number of para-hydroxylation sites is 1. The molecule has 1 fully saturated rings. The Morgan fingerprint density at radius 3 is 2.61 bits per heavy atom. The molecule has 1 N–H and O–H groups in total. The highest BCUT2D eigenvalue weighted by atomic mass is 16.5. The predicted octanol–water partition coefficient (Wildman–Crippen LogP) is 4.05. The van der Waals surface area contributed by atoms with E-state index in [1.54, 1.807) is 21.9 Å². The van der Waals surface area contributed by atoms with Gasteiger partial charge in [0.25, 0.3) is 5.91 Å². The minimum atomic E-state index is -0.769. The van der Waals surface area contributed by atoms with Crippen LogP contribution < -0.4 is 19.7 Å². The number of ether oxygens (including phenoxy) is 2. The first kappa shape index (κ1) is 24.2. The molecule has 3 amide bonds. The summed E-state index contributed by atoms with van der Waals surface area (Å²) < 4.78 is 11.6. The van der Waals surface area contributed by atoms with E-state index in [2.05, 4.69) is 19.2 Å². The number of amides is 3. The fourth-order valence-corrected chi connectivity index (χ4v) is 5.51. The summed E-state index contributed by atoms with van der Waals surface area (Å²) in [6, 6.07) is 12.8. The lowest BCUT2D eigenvalue weighted by Gasteiger charge is -2.48. The number of hydrogen-bond donors (Lipinski definition) is 1. The van der Waals surface area contributed by atoms with Crippen LogP contribution >= 0.6 is 0 Å². The van der Waals surface area contributed by atoms with Crippen LogP contribution in [0.15, 0.2) is 42.5 Å². The van der Waals surface area contributed by atoms with Crippen molar-refractivity contribution in [1.82, 2.24) is 10.2 Å². The molecule has 2 aromatic rings. The third-order valence-corrected chi connectivity index (χ3v) is 7.42. The van der Waals surface area contributed by atoms with Gasteiger partial charge in [0.2, 0.25) is 11.8 Å². The Morgan fingerprint density at radius 1 is 1.08 bits per heavy atom. The van der Waals surface area contributed by atoms with E-state index in [4.69, 9.17) is 9.47 Å². The molecule has 0 spiro atoms. The highest BCUT2D eigenvalue weighted by Crippen LogP contribution is 2.44. The number of nitrogens with zero attached hydrogens (tertiary/aromatic N) is 2. The Bertz CT molecular complexity index is 1200. The van der Waals surface area contributed by atoms with Crippen molar-refractivity contribution < 1.29 is 23.9 Å². The molecule has 0 aliphatic carbocycles. The molecule has 3 aliphatic rings.